The fraction of sp³-hybridized carbons (Fsp3) is 0.227. The van der Waals surface area contributed by atoms with E-state index in [1.54, 1.807) is 11.9 Å². The van der Waals surface area contributed by atoms with Gasteiger partial charge in [0, 0.05) is 18.4 Å². The van der Waals surface area contributed by atoms with Crippen molar-refractivity contribution in [1.82, 2.24) is 10.2 Å². The number of thiocarbonyl (C=S) groups is 1. The highest BCUT2D eigenvalue weighted by Gasteiger charge is 2.33. The van der Waals surface area contributed by atoms with E-state index in [4.69, 9.17) is 17.0 Å². The Bertz CT molecular complexity index is 972. The Kier molecular flexibility index (Phi) is 6.29. The van der Waals surface area contributed by atoms with Crippen molar-refractivity contribution >= 4 is 34.9 Å². The molecule has 6 nitrogen and oxygen atoms in total. The highest BCUT2D eigenvalue weighted by molar-refractivity contribution is 7.80. The van der Waals surface area contributed by atoms with Crippen molar-refractivity contribution in [1.29, 1.82) is 0 Å². The van der Waals surface area contributed by atoms with E-state index in [1.807, 2.05) is 61.5 Å². The number of rotatable bonds is 5. The van der Waals surface area contributed by atoms with Crippen molar-refractivity contribution in [3.8, 4) is 0 Å². The first-order chi connectivity index (χ1) is 13.9. The van der Waals surface area contributed by atoms with Crippen LogP contribution in [0.4, 0.5) is 5.69 Å². The van der Waals surface area contributed by atoms with Gasteiger partial charge in [0.1, 0.15) is 0 Å². The van der Waals surface area contributed by atoms with Gasteiger partial charge in [-0.25, -0.2) is 4.79 Å². The number of methoxy groups -OCH3 is 1. The fourth-order valence-corrected chi connectivity index (χ4v) is 3.50. The van der Waals surface area contributed by atoms with Gasteiger partial charge in [0.25, 0.3) is 0 Å². The second-order valence-electron chi connectivity index (χ2n) is 6.77. The van der Waals surface area contributed by atoms with E-state index in [-0.39, 0.29) is 12.3 Å². The summed E-state index contributed by atoms with van der Waals surface area (Å²) in [6.07, 6.45) is 0.286. The SMILES string of the molecule is COC(=O)C1=C(C)N(C)C(=S)N[C@@H]1c1cccc(NC(=O)Cc2ccccc2)c1. The predicted octanol–water partition coefficient (Wildman–Crippen LogP) is 3.18. The van der Waals surface area contributed by atoms with Crippen LogP contribution in [0.1, 0.15) is 24.1 Å². The van der Waals surface area contributed by atoms with Crippen molar-refractivity contribution in [3.63, 3.8) is 0 Å². The average Bonchev–Trinajstić information content (AvgIpc) is 2.72. The number of carbonyl (C=O) groups excluding carboxylic acids is 2. The fourth-order valence-electron chi connectivity index (χ4n) is 3.24. The van der Waals surface area contributed by atoms with Gasteiger partial charge in [-0.2, -0.15) is 0 Å². The van der Waals surface area contributed by atoms with E-state index in [2.05, 4.69) is 10.6 Å². The number of nitrogens with zero attached hydrogens (tertiary/aromatic N) is 1. The van der Waals surface area contributed by atoms with Crippen LogP contribution in [0.5, 0.6) is 0 Å². The second kappa shape index (κ2) is 8.87. The van der Waals surface area contributed by atoms with E-state index < -0.39 is 12.0 Å². The largest absolute Gasteiger partial charge is 0.466 e. The lowest BCUT2D eigenvalue weighted by molar-refractivity contribution is -0.136. The summed E-state index contributed by atoms with van der Waals surface area (Å²) in [7, 11) is 3.15. The maximum atomic E-state index is 12.4. The highest BCUT2D eigenvalue weighted by atomic mass is 32.1. The van der Waals surface area contributed by atoms with Crippen molar-refractivity contribution in [2.24, 2.45) is 0 Å². The predicted molar refractivity (Wildman–Crippen MR) is 116 cm³/mol. The highest BCUT2D eigenvalue weighted by Crippen LogP contribution is 2.31. The van der Waals surface area contributed by atoms with Crippen LogP contribution in [-0.4, -0.2) is 36.0 Å². The van der Waals surface area contributed by atoms with Crippen molar-refractivity contribution in [2.45, 2.75) is 19.4 Å². The van der Waals surface area contributed by atoms with Gasteiger partial charge < -0.3 is 20.3 Å². The van der Waals surface area contributed by atoms with Gasteiger partial charge in [-0.3, -0.25) is 4.79 Å². The van der Waals surface area contributed by atoms with Gasteiger partial charge in [-0.1, -0.05) is 42.5 Å². The van der Waals surface area contributed by atoms with Gasteiger partial charge >= 0.3 is 5.97 Å². The number of hydrogen-bond acceptors (Lipinski definition) is 4. The topological polar surface area (TPSA) is 70.7 Å². The minimum absolute atomic E-state index is 0.111. The summed E-state index contributed by atoms with van der Waals surface area (Å²) in [6.45, 7) is 1.83. The molecule has 0 saturated carbocycles. The van der Waals surface area contributed by atoms with Crippen LogP contribution >= 0.6 is 12.2 Å². The van der Waals surface area contributed by atoms with Crippen LogP contribution in [0.25, 0.3) is 0 Å². The van der Waals surface area contributed by atoms with Gasteiger partial charge in [-0.15, -0.1) is 0 Å². The molecule has 0 radical (unpaired) electrons. The number of nitrogens with one attached hydrogen (secondary N) is 2. The summed E-state index contributed by atoms with van der Waals surface area (Å²) in [5.41, 5.74) is 3.60. The first-order valence-electron chi connectivity index (χ1n) is 9.17. The average molecular weight is 410 g/mol. The molecule has 0 unspecified atom stereocenters. The third kappa shape index (κ3) is 4.63. The molecule has 2 aromatic carbocycles. The summed E-state index contributed by atoms with van der Waals surface area (Å²) in [4.78, 5) is 26.6. The summed E-state index contributed by atoms with van der Waals surface area (Å²) < 4.78 is 4.98. The number of anilines is 1. The molecular weight excluding hydrogens is 386 g/mol. The lowest BCUT2D eigenvalue weighted by atomic mass is 9.95. The van der Waals surface area contributed by atoms with E-state index in [9.17, 15) is 9.59 Å². The number of hydrogen-bond donors (Lipinski definition) is 2. The minimum atomic E-state index is -0.461. The zero-order valence-corrected chi connectivity index (χ0v) is 17.4. The molecule has 0 aromatic heterocycles. The molecule has 150 valence electrons. The van der Waals surface area contributed by atoms with E-state index in [0.717, 1.165) is 16.8 Å². The molecule has 0 spiro atoms. The Morgan fingerprint density at radius 1 is 1.17 bits per heavy atom. The Hall–Kier alpha value is -3.19. The van der Waals surface area contributed by atoms with Crippen LogP contribution < -0.4 is 10.6 Å². The normalized spacial score (nSPS) is 16.3. The third-order valence-corrected chi connectivity index (χ3v) is 5.26. The Balaban J connectivity index is 1.85. The molecule has 2 N–H and O–H groups in total. The summed E-state index contributed by atoms with van der Waals surface area (Å²) in [5.74, 6) is -0.534. The molecule has 1 aliphatic rings. The molecule has 0 fully saturated rings. The van der Waals surface area contributed by atoms with E-state index >= 15 is 0 Å². The third-order valence-electron chi connectivity index (χ3n) is 4.87. The van der Waals surface area contributed by atoms with E-state index in [0.29, 0.717) is 16.4 Å². The number of benzene rings is 2. The maximum Gasteiger partial charge on any atom is 0.337 e. The Morgan fingerprint density at radius 3 is 2.59 bits per heavy atom. The van der Waals surface area contributed by atoms with Gasteiger partial charge in [0.2, 0.25) is 5.91 Å². The van der Waals surface area contributed by atoms with Crippen LogP contribution in [-0.2, 0) is 20.7 Å². The smallest absolute Gasteiger partial charge is 0.337 e. The van der Waals surface area contributed by atoms with Crippen molar-refractivity contribution in [2.75, 3.05) is 19.5 Å². The van der Waals surface area contributed by atoms with Crippen molar-refractivity contribution < 1.29 is 14.3 Å². The number of esters is 1. The summed E-state index contributed by atoms with van der Waals surface area (Å²) in [6, 6.07) is 16.5. The Labute approximate surface area is 175 Å². The van der Waals surface area contributed by atoms with Gasteiger partial charge in [0.05, 0.1) is 25.1 Å². The first-order valence-corrected chi connectivity index (χ1v) is 9.58. The molecule has 0 bridgehead atoms. The molecule has 0 aliphatic carbocycles. The monoisotopic (exact) mass is 409 g/mol. The zero-order chi connectivity index (χ0) is 21.0. The molecule has 7 heteroatoms. The van der Waals surface area contributed by atoms with Crippen LogP contribution in [0.2, 0.25) is 0 Å². The molecule has 2 aromatic rings. The zero-order valence-electron chi connectivity index (χ0n) is 16.6. The summed E-state index contributed by atoms with van der Waals surface area (Å²) in [5, 5.41) is 6.61. The molecule has 3 rings (SSSR count). The standard InChI is InChI=1S/C22H23N3O3S/c1-14-19(21(27)28-3)20(24-22(29)25(14)2)16-10-7-11-17(13-16)23-18(26)12-15-8-5-4-6-9-15/h4-11,13,20H,12H2,1-3H3,(H,23,26)(H,24,29)/t20-/m1/s1. The van der Waals surface area contributed by atoms with Crippen LogP contribution in [0.15, 0.2) is 65.9 Å². The van der Waals surface area contributed by atoms with Gasteiger partial charge in [-0.05, 0) is 42.4 Å². The molecule has 1 atom stereocenters. The lowest BCUT2D eigenvalue weighted by Gasteiger charge is -2.35. The van der Waals surface area contributed by atoms with Crippen molar-refractivity contribution in [3.05, 3.63) is 77.0 Å². The minimum Gasteiger partial charge on any atom is -0.466 e. The molecular formula is C22H23N3O3S. The number of ether oxygens (including phenoxy) is 1. The van der Waals surface area contributed by atoms with Gasteiger partial charge in [0.15, 0.2) is 5.11 Å². The molecule has 0 saturated heterocycles. The first kappa shape index (κ1) is 20.5. The Morgan fingerprint density at radius 2 is 1.90 bits per heavy atom. The molecule has 1 amide bonds. The second-order valence-corrected chi connectivity index (χ2v) is 7.15. The number of allylic oxidation sites excluding steroid dienone is 1. The number of amides is 1. The quantitative estimate of drug-likeness (QED) is 0.584. The summed E-state index contributed by atoms with van der Waals surface area (Å²) >= 11 is 5.39. The van der Waals surface area contributed by atoms with Crippen LogP contribution in [0.3, 0.4) is 0 Å². The van der Waals surface area contributed by atoms with Crippen LogP contribution in [0, 0.1) is 0 Å². The molecule has 1 aliphatic heterocycles. The lowest BCUT2D eigenvalue weighted by Crippen LogP contribution is -2.46. The molecule has 1 heterocycles. The molecule has 29 heavy (non-hydrogen) atoms. The maximum absolute atomic E-state index is 12.4. The number of carbonyl (C=O) groups is 2. The van der Waals surface area contributed by atoms with E-state index in [1.165, 1.54) is 7.11 Å².